The molecule has 0 bridgehead atoms. The molecule has 4 nitrogen and oxygen atoms in total. The van der Waals surface area contributed by atoms with Crippen molar-refractivity contribution in [3.8, 4) is 5.75 Å². The summed E-state index contributed by atoms with van der Waals surface area (Å²) >= 11 is 1.47. The summed E-state index contributed by atoms with van der Waals surface area (Å²) < 4.78 is 0. The molecule has 0 saturated carbocycles. The van der Waals surface area contributed by atoms with Crippen molar-refractivity contribution in [1.82, 2.24) is 0 Å². The molecule has 1 aromatic carbocycles. The fraction of sp³-hybridized carbons (Fsp3) is 0.154. The standard InChI is InChI=1S/C13H13NO3S/c1-7-5-8(11(14)10-3-2-4-18-10)12(15)9(6-7)13(16)17/h2-6,11,15H,14H2,1H3,(H,16,17)/t11-/m1/s1. The highest BCUT2D eigenvalue weighted by Gasteiger charge is 2.20. The van der Waals surface area contributed by atoms with Gasteiger partial charge >= 0.3 is 5.97 Å². The van der Waals surface area contributed by atoms with Crippen LogP contribution in [-0.2, 0) is 0 Å². The van der Waals surface area contributed by atoms with Crippen LogP contribution in [0.4, 0.5) is 0 Å². The number of carbonyl (C=O) groups is 1. The molecule has 94 valence electrons. The smallest absolute Gasteiger partial charge is 0.339 e. The minimum atomic E-state index is -1.16. The molecule has 2 rings (SSSR count). The Hall–Kier alpha value is -1.85. The Balaban J connectivity index is 2.54. The van der Waals surface area contributed by atoms with E-state index in [1.807, 2.05) is 17.5 Å². The zero-order chi connectivity index (χ0) is 13.3. The highest BCUT2D eigenvalue weighted by molar-refractivity contribution is 7.10. The second-order valence-corrected chi connectivity index (χ2v) is 5.03. The number of rotatable bonds is 3. The molecule has 0 saturated heterocycles. The summed E-state index contributed by atoms with van der Waals surface area (Å²) in [7, 11) is 0. The van der Waals surface area contributed by atoms with Crippen LogP contribution < -0.4 is 5.73 Å². The number of benzene rings is 1. The summed E-state index contributed by atoms with van der Waals surface area (Å²) in [5.74, 6) is -1.41. The minimum Gasteiger partial charge on any atom is -0.507 e. The number of carboxylic acid groups (broad SMARTS) is 1. The maximum atomic E-state index is 11.0. The predicted octanol–water partition coefficient (Wildman–Crippen LogP) is 2.51. The van der Waals surface area contributed by atoms with Crippen molar-refractivity contribution in [2.45, 2.75) is 13.0 Å². The topological polar surface area (TPSA) is 83.5 Å². The Morgan fingerprint density at radius 3 is 2.72 bits per heavy atom. The van der Waals surface area contributed by atoms with E-state index in [0.29, 0.717) is 5.56 Å². The molecule has 0 aliphatic rings. The SMILES string of the molecule is Cc1cc(C(=O)O)c(O)c([C@@H](N)c2cccs2)c1. The van der Waals surface area contributed by atoms with Crippen LogP contribution in [0.3, 0.4) is 0 Å². The van der Waals surface area contributed by atoms with Gasteiger partial charge in [0.15, 0.2) is 0 Å². The molecule has 0 amide bonds. The van der Waals surface area contributed by atoms with Crippen LogP contribution in [0, 0.1) is 6.92 Å². The van der Waals surface area contributed by atoms with Crippen molar-refractivity contribution in [1.29, 1.82) is 0 Å². The van der Waals surface area contributed by atoms with Gasteiger partial charge in [-0.05, 0) is 30.0 Å². The number of carboxylic acids is 1. The lowest BCUT2D eigenvalue weighted by molar-refractivity contribution is 0.0693. The molecular weight excluding hydrogens is 250 g/mol. The summed E-state index contributed by atoms with van der Waals surface area (Å²) in [6, 6.07) is 6.36. The van der Waals surface area contributed by atoms with Crippen LogP contribution >= 0.6 is 11.3 Å². The fourth-order valence-corrected chi connectivity index (χ4v) is 2.57. The number of hydrogen-bond acceptors (Lipinski definition) is 4. The van der Waals surface area contributed by atoms with Crippen LogP contribution in [0.2, 0.25) is 0 Å². The lowest BCUT2D eigenvalue weighted by Gasteiger charge is -2.14. The van der Waals surface area contributed by atoms with E-state index in [2.05, 4.69) is 0 Å². The fourth-order valence-electron chi connectivity index (χ4n) is 1.83. The quantitative estimate of drug-likeness (QED) is 0.794. The lowest BCUT2D eigenvalue weighted by Crippen LogP contribution is -2.12. The van der Waals surface area contributed by atoms with Crippen molar-refractivity contribution < 1.29 is 15.0 Å². The van der Waals surface area contributed by atoms with Gasteiger partial charge < -0.3 is 15.9 Å². The van der Waals surface area contributed by atoms with Crippen LogP contribution in [0.15, 0.2) is 29.6 Å². The van der Waals surface area contributed by atoms with E-state index in [9.17, 15) is 9.90 Å². The third-order valence-electron chi connectivity index (χ3n) is 2.70. The number of aryl methyl sites for hydroxylation is 1. The average molecular weight is 263 g/mol. The van der Waals surface area contributed by atoms with Crippen LogP contribution in [-0.4, -0.2) is 16.2 Å². The number of phenols is 1. The monoisotopic (exact) mass is 263 g/mol. The van der Waals surface area contributed by atoms with Crippen molar-refractivity contribution in [2.24, 2.45) is 5.73 Å². The van der Waals surface area contributed by atoms with E-state index >= 15 is 0 Å². The molecule has 0 radical (unpaired) electrons. The Labute approximate surface area is 108 Å². The third kappa shape index (κ3) is 2.23. The van der Waals surface area contributed by atoms with E-state index in [0.717, 1.165) is 10.4 Å². The van der Waals surface area contributed by atoms with Crippen LogP contribution in [0.5, 0.6) is 5.75 Å². The Morgan fingerprint density at radius 2 is 2.17 bits per heavy atom. The summed E-state index contributed by atoms with van der Waals surface area (Å²) in [6.45, 7) is 1.77. The van der Waals surface area contributed by atoms with Crippen molar-refractivity contribution in [3.05, 3.63) is 51.2 Å². The molecule has 0 unspecified atom stereocenters. The zero-order valence-corrected chi connectivity index (χ0v) is 10.6. The highest BCUT2D eigenvalue weighted by Crippen LogP contribution is 2.33. The predicted molar refractivity (Wildman–Crippen MR) is 70.2 cm³/mol. The van der Waals surface area contributed by atoms with E-state index < -0.39 is 12.0 Å². The number of aromatic carboxylic acids is 1. The molecule has 1 aromatic heterocycles. The highest BCUT2D eigenvalue weighted by atomic mass is 32.1. The molecule has 4 N–H and O–H groups in total. The van der Waals surface area contributed by atoms with E-state index in [-0.39, 0.29) is 11.3 Å². The van der Waals surface area contributed by atoms with Gasteiger partial charge in [0.05, 0.1) is 6.04 Å². The van der Waals surface area contributed by atoms with Gasteiger partial charge in [0.1, 0.15) is 11.3 Å². The Morgan fingerprint density at radius 1 is 1.44 bits per heavy atom. The molecule has 0 fully saturated rings. The van der Waals surface area contributed by atoms with Gasteiger partial charge in [0, 0.05) is 10.4 Å². The normalized spacial score (nSPS) is 12.3. The van der Waals surface area contributed by atoms with Gasteiger partial charge in [-0.3, -0.25) is 0 Å². The van der Waals surface area contributed by atoms with Gasteiger partial charge in [-0.15, -0.1) is 11.3 Å². The number of nitrogens with two attached hydrogens (primary N) is 1. The van der Waals surface area contributed by atoms with Gasteiger partial charge in [-0.1, -0.05) is 12.1 Å². The van der Waals surface area contributed by atoms with E-state index in [4.69, 9.17) is 10.8 Å². The summed E-state index contributed by atoms with van der Waals surface area (Å²) in [4.78, 5) is 11.9. The Bertz CT molecular complexity index is 578. The second kappa shape index (κ2) is 4.80. The summed E-state index contributed by atoms with van der Waals surface area (Å²) in [6.07, 6.45) is 0. The molecule has 0 aliphatic carbocycles. The first-order chi connectivity index (χ1) is 8.50. The maximum Gasteiger partial charge on any atom is 0.339 e. The van der Waals surface area contributed by atoms with Crippen molar-refractivity contribution >= 4 is 17.3 Å². The summed E-state index contributed by atoms with van der Waals surface area (Å²) in [5.41, 5.74) is 7.14. The summed E-state index contributed by atoms with van der Waals surface area (Å²) in [5, 5.41) is 20.9. The molecular formula is C13H13NO3S. The average Bonchev–Trinajstić information content (AvgIpc) is 2.84. The van der Waals surface area contributed by atoms with E-state index in [1.165, 1.54) is 17.4 Å². The molecule has 2 aromatic rings. The van der Waals surface area contributed by atoms with E-state index in [1.54, 1.807) is 13.0 Å². The third-order valence-corrected chi connectivity index (χ3v) is 3.65. The number of aromatic hydroxyl groups is 1. The number of hydrogen-bond donors (Lipinski definition) is 3. The molecule has 0 spiro atoms. The Kier molecular flexibility index (Phi) is 3.36. The zero-order valence-electron chi connectivity index (χ0n) is 9.75. The molecule has 18 heavy (non-hydrogen) atoms. The second-order valence-electron chi connectivity index (χ2n) is 4.05. The minimum absolute atomic E-state index is 0.114. The molecule has 1 atom stereocenters. The van der Waals surface area contributed by atoms with Crippen molar-refractivity contribution in [3.63, 3.8) is 0 Å². The van der Waals surface area contributed by atoms with Crippen LogP contribution in [0.1, 0.15) is 32.4 Å². The first-order valence-corrected chi connectivity index (χ1v) is 6.24. The largest absolute Gasteiger partial charge is 0.507 e. The van der Waals surface area contributed by atoms with Gasteiger partial charge in [0.2, 0.25) is 0 Å². The maximum absolute atomic E-state index is 11.0. The first-order valence-electron chi connectivity index (χ1n) is 5.36. The van der Waals surface area contributed by atoms with Crippen LogP contribution in [0.25, 0.3) is 0 Å². The number of thiophene rings is 1. The molecule has 1 heterocycles. The van der Waals surface area contributed by atoms with Gasteiger partial charge in [-0.25, -0.2) is 4.79 Å². The lowest BCUT2D eigenvalue weighted by atomic mass is 9.98. The van der Waals surface area contributed by atoms with Gasteiger partial charge in [0.25, 0.3) is 0 Å². The molecule has 5 heteroatoms. The first kappa shape index (κ1) is 12.6. The van der Waals surface area contributed by atoms with Gasteiger partial charge in [-0.2, -0.15) is 0 Å². The van der Waals surface area contributed by atoms with Crippen molar-refractivity contribution in [2.75, 3.05) is 0 Å². The molecule has 0 aliphatic heterocycles.